The summed E-state index contributed by atoms with van der Waals surface area (Å²) in [7, 11) is 3.56. The number of anilines is 1. The van der Waals surface area contributed by atoms with Crippen molar-refractivity contribution in [2.24, 2.45) is 17.3 Å². The fourth-order valence-electron chi connectivity index (χ4n) is 7.89. The number of esters is 1. The molecule has 13 nitrogen and oxygen atoms in total. The monoisotopic (exact) mass is 859 g/mol. The van der Waals surface area contributed by atoms with Gasteiger partial charge in [0, 0.05) is 44.4 Å². The molecule has 1 aliphatic rings. The number of carboxylic acids is 1. The number of halogens is 1. The lowest BCUT2D eigenvalue weighted by Gasteiger charge is -2.40. The molecule has 2 aromatic rings. The number of amides is 3. The molecule has 1 fully saturated rings. The fraction of sp³-hybridized carbons (Fsp3) is 0.689. The Labute approximate surface area is 361 Å². The topological polar surface area (TPSA) is 170 Å². The number of thiazole rings is 1. The summed E-state index contributed by atoms with van der Waals surface area (Å²) in [6.45, 7) is 15.9. The van der Waals surface area contributed by atoms with Crippen LogP contribution in [0.2, 0.25) is 0 Å². The minimum absolute atomic E-state index is 0.0582. The van der Waals surface area contributed by atoms with Crippen molar-refractivity contribution in [3.8, 4) is 0 Å². The van der Waals surface area contributed by atoms with Crippen LogP contribution in [-0.4, -0.2) is 101 Å². The summed E-state index contributed by atoms with van der Waals surface area (Å²) in [5.41, 5.74) is -0.250. The van der Waals surface area contributed by atoms with E-state index in [1.807, 2.05) is 39.6 Å². The third kappa shape index (κ3) is 14.5. The lowest BCUT2D eigenvalue weighted by molar-refractivity contribution is -0.150. The second-order valence-corrected chi connectivity index (χ2v) is 18.4. The van der Waals surface area contributed by atoms with Crippen molar-refractivity contribution in [1.82, 2.24) is 25.4 Å². The standard InChI is InChI=1S/C45H71FN6O7S/c1-11-13-14-16-22-52(43(56)39(29(5)12-2)50-41(55)36-18-15-17-21-51(36)10)37(28(3)4)25-38(59-30(6)53)42-49-35(27-60-42)40(54)48-32(26-45(7,8)44(57)58)23-31-19-20-34(47-9)33(46)24-31/h19-20,24,27-29,32,36-39,47H,11-18,21-23,25-26H2,1-10H3,(H,48,54)(H,50,55)(H,57,58)/t29-,32-,36+,37+,38+,39-/m0/s1. The van der Waals surface area contributed by atoms with Crippen molar-refractivity contribution < 1.29 is 38.2 Å². The molecule has 1 saturated heterocycles. The van der Waals surface area contributed by atoms with Gasteiger partial charge in [0.1, 0.15) is 22.6 Å². The van der Waals surface area contributed by atoms with Crippen molar-refractivity contribution in [3.05, 3.63) is 45.7 Å². The van der Waals surface area contributed by atoms with Gasteiger partial charge in [-0.1, -0.05) is 72.8 Å². The van der Waals surface area contributed by atoms with E-state index in [1.165, 1.54) is 13.0 Å². The molecule has 6 atom stereocenters. The van der Waals surface area contributed by atoms with E-state index in [1.54, 1.807) is 38.4 Å². The largest absolute Gasteiger partial charge is 0.481 e. The molecule has 1 aromatic carbocycles. The second-order valence-electron chi connectivity index (χ2n) is 17.5. The van der Waals surface area contributed by atoms with Gasteiger partial charge in [-0.05, 0) is 89.1 Å². The molecule has 1 aliphatic heterocycles. The van der Waals surface area contributed by atoms with Crippen LogP contribution in [0, 0.1) is 23.1 Å². The summed E-state index contributed by atoms with van der Waals surface area (Å²) >= 11 is 1.16. The number of nitrogens with one attached hydrogen (secondary N) is 3. The van der Waals surface area contributed by atoms with Gasteiger partial charge in [-0.25, -0.2) is 9.37 Å². The molecule has 0 aliphatic carbocycles. The van der Waals surface area contributed by atoms with Crippen molar-refractivity contribution in [1.29, 1.82) is 0 Å². The number of hydrogen-bond donors (Lipinski definition) is 4. The number of nitrogens with zero attached hydrogens (tertiary/aromatic N) is 3. The van der Waals surface area contributed by atoms with Gasteiger partial charge >= 0.3 is 11.9 Å². The number of piperidine rings is 1. The average Bonchev–Trinajstić information content (AvgIpc) is 3.69. The zero-order chi connectivity index (χ0) is 44.7. The number of carboxylic acid groups (broad SMARTS) is 1. The van der Waals surface area contributed by atoms with Crippen LogP contribution in [0.5, 0.6) is 0 Å². The Bertz CT molecular complexity index is 1740. The number of likely N-dealkylation sites (N-methyl/N-ethyl adjacent to an activating group) is 1. The maximum absolute atomic E-state index is 14.9. The maximum Gasteiger partial charge on any atom is 0.309 e. The SMILES string of the molecule is CCCCCCN(C(=O)[C@@H](NC(=O)[C@H]1CCCCN1C)[C@@H](C)CC)[C@H](C[C@@H](OC(C)=O)c1nc(C(=O)N[C@@H](Cc2ccc(NC)c(F)c2)CC(C)(C)C(=O)O)cs1)C(C)C. The van der Waals surface area contributed by atoms with Crippen LogP contribution in [0.3, 0.4) is 0 Å². The molecule has 0 saturated carbocycles. The van der Waals surface area contributed by atoms with E-state index in [9.17, 15) is 33.5 Å². The first-order valence-corrected chi connectivity index (χ1v) is 22.6. The van der Waals surface area contributed by atoms with E-state index in [0.717, 1.165) is 62.8 Å². The number of rotatable bonds is 24. The van der Waals surface area contributed by atoms with Crippen molar-refractivity contribution >= 4 is 46.7 Å². The third-order valence-electron chi connectivity index (χ3n) is 11.8. The first-order valence-electron chi connectivity index (χ1n) is 21.8. The number of benzene rings is 1. The Morgan fingerprint density at radius 2 is 1.80 bits per heavy atom. The fourth-order valence-corrected chi connectivity index (χ4v) is 8.73. The Hall–Kier alpha value is -4.11. The summed E-state index contributed by atoms with van der Waals surface area (Å²) in [6, 6.07) is 2.54. The lowest BCUT2D eigenvalue weighted by atomic mass is 9.84. The predicted octanol–water partition coefficient (Wildman–Crippen LogP) is 7.61. The Morgan fingerprint density at radius 1 is 1.08 bits per heavy atom. The summed E-state index contributed by atoms with van der Waals surface area (Å²) in [6.07, 6.45) is 6.69. The van der Waals surface area contributed by atoms with Crippen LogP contribution >= 0.6 is 11.3 Å². The van der Waals surface area contributed by atoms with Gasteiger partial charge in [0.15, 0.2) is 6.10 Å². The molecule has 0 spiro atoms. The number of aromatic nitrogens is 1. The molecule has 0 unspecified atom stereocenters. The molecule has 1 aromatic heterocycles. The van der Waals surface area contributed by atoms with Crippen LogP contribution in [0.1, 0.15) is 147 Å². The van der Waals surface area contributed by atoms with Gasteiger partial charge < -0.3 is 30.7 Å². The molecule has 15 heteroatoms. The average molecular weight is 859 g/mol. The van der Waals surface area contributed by atoms with Gasteiger partial charge in [-0.2, -0.15) is 0 Å². The maximum atomic E-state index is 14.9. The smallest absolute Gasteiger partial charge is 0.309 e. The summed E-state index contributed by atoms with van der Waals surface area (Å²) < 4.78 is 20.6. The van der Waals surface area contributed by atoms with E-state index in [0.29, 0.717) is 29.2 Å². The number of aliphatic carboxylic acids is 1. The molecular formula is C45H71FN6O7S. The molecule has 0 radical (unpaired) electrons. The molecule has 336 valence electrons. The molecule has 2 heterocycles. The quantitative estimate of drug-likeness (QED) is 0.0609. The zero-order valence-corrected chi connectivity index (χ0v) is 38.4. The molecular weight excluding hydrogens is 788 g/mol. The Kier molecular flexibility index (Phi) is 19.9. The van der Waals surface area contributed by atoms with E-state index in [-0.39, 0.29) is 54.6 Å². The second kappa shape index (κ2) is 23.8. The molecule has 3 amide bonds. The third-order valence-corrected chi connectivity index (χ3v) is 12.7. The zero-order valence-electron chi connectivity index (χ0n) is 37.6. The van der Waals surface area contributed by atoms with Gasteiger partial charge in [-0.15, -0.1) is 11.3 Å². The number of ether oxygens (including phenoxy) is 1. The predicted molar refractivity (Wildman–Crippen MR) is 234 cm³/mol. The first kappa shape index (κ1) is 50.2. The highest BCUT2D eigenvalue weighted by Crippen LogP contribution is 2.33. The van der Waals surface area contributed by atoms with Gasteiger partial charge in [0.25, 0.3) is 5.91 Å². The summed E-state index contributed by atoms with van der Waals surface area (Å²) in [4.78, 5) is 75.8. The van der Waals surface area contributed by atoms with Crippen molar-refractivity contribution in [2.75, 3.05) is 32.5 Å². The number of carbonyl (C=O) groups excluding carboxylic acids is 4. The van der Waals surface area contributed by atoms with Crippen LogP contribution in [0.15, 0.2) is 23.6 Å². The summed E-state index contributed by atoms with van der Waals surface area (Å²) in [5, 5.41) is 20.7. The van der Waals surface area contributed by atoms with Crippen LogP contribution in [0.25, 0.3) is 0 Å². The highest BCUT2D eigenvalue weighted by atomic mass is 32.1. The summed E-state index contributed by atoms with van der Waals surface area (Å²) in [5.74, 6) is -3.12. The van der Waals surface area contributed by atoms with E-state index in [4.69, 9.17) is 4.74 Å². The number of carbonyl (C=O) groups is 5. The molecule has 60 heavy (non-hydrogen) atoms. The number of likely N-dealkylation sites (tertiary alicyclic amines) is 1. The van der Waals surface area contributed by atoms with Crippen LogP contribution < -0.4 is 16.0 Å². The molecule has 0 bridgehead atoms. The van der Waals surface area contributed by atoms with Crippen molar-refractivity contribution in [2.45, 2.75) is 156 Å². The van der Waals surface area contributed by atoms with Gasteiger partial charge in [-0.3, -0.25) is 28.9 Å². The van der Waals surface area contributed by atoms with Gasteiger partial charge in [0.05, 0.1) is 17.1 Å². The highest BCUT2D eigenvalue weighted by Gasteiger charge is 2.39. The Morgan fingerprint density at radius 3 is 2.38 bits per heavy atom. The lowest BCUT2D eigenvalue weighted by Crippen LogP contribution is -2.59. The normalized spacial score (nSPS) is 17.2. The van der Waals surface area contributed by atoms with Crippen LogP contribution in [0.4, 0.5) is 10.1 Å². The van der Waals surface area contributed by atoms with Gasteiger partial charge in [0.2, 0.25) is 11.8 Å². The van der Waals surface area contributed by atoms with E-state index in [2.05, 4.69) is 32.8 Å². The van der Waals surface area contributed by atoms with Crippen LogP contribution in [-0.2, 0) is 30.3 Å². The minimum atomic E-state index is -1.20. The first-order chi connectivity index (χ1) is 28.3. The van der Waals surface area contributed by atoms with E-state index < -0.39 is 53.3 Å². The van der Waals surface area contributed by atoms with Crippen molar-refractivity contribution in [3.63, 3.8) is 0 Å². The highest BCUT2D eigenvalue weighted by molar-refractivity contribution is 7.09. The van der Waals surface area contributed by atoms with E-state index >= 15 is 0 Å². The number of hydrogen-bond acceptors (Lipinski definition) is 10. The number of unbranched alkanes of at least 4 members (excludes halogenated alkanes) is 3. The molecule has 3 rings (SSSR count). The Balaban J connectivity index is 1.95. The minimum Gasteiger partial charge on any atom is -0.481 e. The molecule has 4 N–H and O–H groups in total.